The van der Waals surface area contributed by atoms with Gasteiger partial charge in [-0.3, -0.25) is 4.90 Å². The van der Waals surface area contributed by atoms with Crippen LogP contribution < -0.4 is 4.74 Å². The molecule has 0 amide bonds. The van der Waals surface area contributed by atoms with Crippen molar-refractivity contribution in [3.8, 4) is 5.75 Å². The topological polar surface area (TPSA) is 45.6 Å². The number of ether oxygens (including phenoxy) is 1. The van der Waals surface area contributed by atoms with Crippen molar-refractivity contribution in [1.82, 2.24) is 9.88 Å². The lowest BCUT2D eigenvalue weighted by Gasteiger charge is -2.24. The lowest BCUT2D eigenvalue weighted by Crippen LogP contribution is -2.35. The molecule has 1 N–H and O–H groups in total. The van der Waals surface area contributed by atoms with Gasteiger partial charge in [0.15, 0.2) is 0 Å². The van der Waals surface area contributed by atoms with Gasteiger partial charge in [0.05, 0.1) is 11.3 Å². The smallest absolute Gasteiger partial charge is 0.140 e. The van der Waals surface area contributed by atoms with Gasteiger partial charge in [-0.2, -0.15) is 0 Å². The second-order valence-corrected chi connectivity index (χ2v) is 7.34. The number of benzene rings is 1. The largest absolute Gasteiger partial charge is 0.486 e. The number of thiazole rings is 1. The Balaban J connectivity index is 1.84. The molecule has 0 aliphatic heterocycles. The van der Waals surface area contributed by atoms with E-state index < -0.39 is 5.60 Å². The molecule has 1 heterocycles. The summed E-state index contributed by atoms with van der Waals surface area (Å²) >= 11 is 7.42. The summed E-state index contributed by atoms with van der Waals surface area (Å²) in [5.74, 6) is 0.778. The molecule has 120 valence electrons. The van der Waals surface area contributed by atoms with Crippen LogP contribution in [0.1, 0.15) is 24.5 Å². The van der Waals surface area contributed by atoms with E-state index in [0.29, 0.717) is 24.7 Å². The third kappa shape index (κ3) is 5.93. The van der Waals surface area contributed by atoms with Crippen molar-refractivity contribution >= 4 is 22.9 Å². The molecule has 1 aromatic heterocycles. The minimum absolute atomic E-state index is 0.446. The zero-order valence-electron chi connectivity index (χ0n) is 13.0. The van der Waals surface area contributed by atoms with Crippen molar-refractivity contribution in [3.05, 3.63) is 45.4 Å². The summed E-state index contributed by atoms with van der Waals surface area (Å²) < 4.78 is 5.68. The number of halogens is 1. The molecule has 22 heavy (non-hydrogen) atoms. The summed E-state index contributed by atoms with van der Waals surface area (Å²) in [7, 11) is 1.97. The number of aromatic nitrogens is 1. The molecule has 0 aliphatic rings. The van der Waals surface area contributed by atoms with Gasteiger partial charge in [0.1, 0.15) is 17.4 Å². The number of aliphatic hydroxyl groups is 1. The summed E-state index contributed by atoms with van der Waals surface area (Å²) in [6.45, 7) is 5.36. The number of rotatable bonds is 7. The van der Waals surface area contributed by atoms with Crippen molar-refractivity contribution < 1.29 is 9.84 Å². The highest BCUT2D eigenvalue weighted by Crippen LogP contribution is 2.18. The Labute approximate surface area is 140 Å². The van der Waals surface area contributed by atoms with Crippen LogP contribution >= 0.6 is 22.9 Å². The van der Waals surface area contributed by atoms with Gasteiger partial charge in [-0.15, -0.1) is 11.3 Å². The molecule has 4 nitrogen and oxygen atoms in total. The molecule has 0 saturated heterocycles. The SMILES string of the molecule is CN(Cc1csc(COc2ccc(Cl)cc2)n1)CC(C)(C)O. The third-order valence-electron chi connectivity index (χ3n) is 2.86. The average molecular weight is 341 g/mol. The van der Waals surface area contributed by atoms with Gasteiger partial charge in [-0.25, -0.2) is 4.98 Å². The van der Waals surface area contributed by atoms with E-state index in [2.05, 4.69) is 9.88 Å². The van der Waals surface area contributed by atoms with Gasteiger partial charge in [0.25, 0.3) is 0 Å². The summed E-state index contributed by atoms with van der Waals surface area (Å²) in [6.07, 6.45) is 0. The van der Waals surface area contributed by atoms with E-state index in [1.807, 2.05) is 24.6 Å². The molecule has 0 atom stereocenters. The highest BCUT2D eigenvalue weighted by molar-refractivity contribution is 7.09. The van der Waals surface area contributed by atoms with Crippen molar-refractivity contribution in [3.63, 3.8) is 0 Å². The van der Waals surface area contributed by atoms with E-state index in [1.165, 1.54) is 0 Å². The van der Waals surface area contributed by atoms with Gasteiger partial charge >= 0.3 is 0 Å². The fourth-order valence-electron chi connectivity index (χ4n) is 2.16. The zero-order chi connectivity index (χ0) is 16.2. The summed E-state index contributed by atoms with van der Waals surface area (Å²) in [5.41, 5.74) is 0.289. The van der Waals surface area contributed by atoms with Gasteiger partial charge in [-0.05, 0) is 45.2 Å². The van der Waals surface area contributed by atoms with E-state index in [4.69, 9.17) is 16.3 Å². The van der Waals surface area contributed by atoms with Crippen LogP contribution in [0.4, 0.5) is 0 Å². The summed E-state index contributed by atoms with van der Waals surface area (Å²) in [4.78, 5) is 6.61. The molecule has 2 aromatic rings. The van der Waals surface area contributed by atoms with Crippen LogP contribution in [0.25, 0.3) is 0 Å². The molecule has 0 unspecified atom stereocenters. The van der Waals surface area contributed by atoms with Crippen molar-refractivity contribution in [2.24, 2.45) is 0 Å². The quantitative estimate of drug-likeness (QED) is 0.836. The first-order chi connectivity index (χ1) is 10.3. The Morgan fingerprint density at radius 2 is 2.00 bits per heavy atom. The standard InChI is InChI=1S/C16H21ClN2O2S/c1-16(2,20)11-19(3)8-13-10-22-15(18-13)9-21-14-6-4-12(17)5-7-14/h4-7,10,20H,8-9,11H2,1-3H3. The number of hydrogen-bond donors (Lipinski definition) is 1. The molecule has 0 spiro atoms. The Morgan fingerprint density at radius 1 is 1.32 bits per heavy atom. The predicted molar refractivity (Wildman–Crippen MR) is 90.5 cm³/mol. The Kier molecular flexibility index (Phi) is 5.81. The number of nitrogens with zero attached hydrogens (tertiary/aromatic N) is 2. The van der Waals surface area contributed by atoms with Crippen LogP contribution in [0.2, 0.25) is 5.02 Å². The van der Waals surface area contributed by atoms with Gasteiger partial charge in [0.2, 0.25) is 0 Å². The maximum atomic E-state index is 9.81. The van der Waals surface area contributed by atoms with Gasteiger partial charge < -0.3 is 9.84 Å². The molecule has 0 bridgehead atoms. The summed E-state index contributed by atoms with van der Waals surface area (Å²) in [5, 5.41) is 13.5. The fraction of sp³-hybridized carbons (Fsp3) is 0.438. The van der Waals surface area contributed by atoms with Crippen LogP contribution in [0.15, 0.2) is 29.6 Å². The number of likely N-dealkylation sites (N-methyl/N-ethyl adjacent to an activating group) is 1. The predicted octanol–water partition coefficient (Wildman–Crippen LogP) is 3.58. The minimum Gasteiger partial charge on any atom is -0.486 e. The van der Waals surface area contributed by atoms with Gasteiger partial charge in [-0.1, -0.05) is 11.6 Å². The van der Waals surface area contributed by atoms with Crippen LogP contribution in [0.5, 0.6) is 5.75 Å². The summed E-state index contributed by atoms with van der Waals surface area (Å²) in [6, 6.07) is 7.29. The molecule has 0 fully saturated rings. The van der Waals surface area contributed by atoms with E-state index in [0.717, 1.165) is 16.5 Å². The monoisotopic (exact) mass is 340 g/mol. The van der Waals surface area contributed by atoms with Crippen molar-refractivity contribution in [2.75, 3.05) is 13.6 Å². The Morgan fingerprint density at radius 3 is 2.64 bits per heavy atom. The second kappa shape index (κ2) is 7.42. The first kappa shape index (κ1) is 17.2. The van der Waals surface area contributed by atoms with Crippen molar-refractivity contribution in [1.29, 1.82) is 0 Å². The number of hydrogen-bond acceptors (Lipinski definition) is 5. The minimum atomic E-state index is -0.703. The maximum Gasteiger partial charge on any atom is 0.140 e. The molecule has 1 aromatic carbocycles. The normalized spacial score (nSPS) is 11.9. The molecular formula is C16H21ClN2O2S. The molecule has 0 saturated carbocycles. The molecular weight excluding hydrogens is 320 g/mol. The highest BCUT2D eigenvalue weighted by Gasteiger charge is 2.16. The molecule has 2 rings (SSSR count). The third-order valence-corrected chi connectivity index (χ3v) is 3.99. The lowest BCUT2D eigenvalue weighted by atomic mass is 10.1. The van der Waals surface area contributed by atoms with Crippen LogP contribution in [-0.4, -0.2) is 34.2 Å². The molecule has 6 heteroatoms. The van der Waals surface area contributed by atoms with E-state index in [9.17, 15) is 5.11 Å². The second-order valence-electron chi connectivity index (χ2n) is 5.96. The lowest BCUT2D eigenvalue weighted by molar-refractivity contribution is 0.0422. The molecule has 0 radical (unpaired) electrons. The maximum absolute atomic E-state index is 9.81. The first-order valence-electron chi connectivity index (χ1n) is 7.04. The Bertz CT molecular complexity index is 593. The fourth-order valence-corrected chi connectivity index (χ4v) is 2.98. The highest BCUT2D eigenvalue weighted by atomic mass is 35.5. The van der Waals surface area contributed by atoms with Crippen LogP contribution in [0, 0.1) is 0 Å². The van der Waals surface area contributed by atoms with E-state index >= 15 is 0 Å². The molecule has 0 aliphatic carbocycles. The van der Waals surface area contributed by atoms with E-state index in [1.54, 1.807) is 37.3 Å². The van der Waals surface area contributed by atoms with Crippen molar-refractivity contribution in [2.45, 2.75) is 32.6 Å². The van der Waals surface area contributed by atoms with Crippen LogP contribution in [0.3, 0.4) is 0 Å². The zero-order valence-corrected chi connectivity index (χ0v) is 14.6. The van der Waals surface area contributed by atoms with Gasteiger partial charge in [0, 0.05) is 23.5 Å². The average Bonchev–Trinajstić information content (AvgIpc) is 2.83. The van der Waals surface area contributed by atoms with Crippen LogP contribution in [-0.2, 0) is 13.2 Å². The van der Waals surface area contributed by atoms with E-state index in [-0.39, 0.29) is 0 Å². The first-order valence-corrected chi connectivity index (χ1v) is 8.30. The Hall–Kier alpha value is -1.14.